The van der Waals surface area contributed by atoms with Gasteiger partial charge in [0, 0.05) is 33.6 Å². The Labute approximate surface area is 274 Å². The van der Waals surface area contributed by atoms with E-state index in [9.17, 15) is 42.3 Å². The molecule has 0 aromatic heterocycles. The van der Waals surface area contributed by atoms with Crippen LogP contribution >= 0.6 is 0 Å². The largest absolute Gasteiger partial charge is 0.482 e. The van der Waals surface area contributed by atoms with Gasteiger partial charge in [-0.05, 0) is 36.3 Å². The number of likely N-dealkylation sites (tertiary alicyclic amines) is 1. The number of benzene rings is 2. The first kappa shape index (κ1) is 36.8. The molecule has 0 unspecified atom stereocenters. The van der Waals surface area contributed by atoms with Crippen molar-refractivity contribution in [1.29, 1.82) is 0 Å². The number of para-hydroxylation sites is 1. The molecule has 2 aromatic carbocycles. The summed E-state index contributed by atoms with van der Waals surface area (Å²) in [6, 6.07) is 5.91. The van der Waals surface area contributed by atoms with E-state index in [2.05, 4.69) is 10.6 Å². The van der Waals surface area contributed by atoms with Crippen LogP contribution in [0.1, 0.15) is 73.8 Å². The molecule has 0 bridgehead atoms. The lowest BCUT2D eigenvalue weighted by atomic mass is 9.86. The molecule has 3 rings (SSSR count). The van der Waals surface area contributed by atoms with Gasteiger partial charge in [-0.1, -0.05) is 64.5 Å². The Hall–Kier alpha value is -4.68. The Morgan fingerprint density at radius 2 is 1.74 bits per heavy atom. The summed E-state index contributed by atoms with van der Waals surface area (Å²) in [6.45, 7) is 6.93. The quantitative estimate of drug-likeness (QED) is 0.201. The average Bonchev–Trinajstić information content (AvgIpc) is 3.01. The molecule has 1 atom stereocenters. The molecule has 3 amide bonds. The third-order valence-electron chi connectivity index (χ3n) is 7.68. The van der Waals surface area contributed by atoms with Crippen LogP contribution in [0.25, 0.3) is 6.08 Å². The van der Waals surface area contributed by atoms with E-state index < -0.39 is 83.2 Å². The van der Waals surface area contributed by atoms with Crippen molar-refractivity contribution in [2.24, 2.45) is 5.92 Å². The topological polar surface area (TPSA) is 142 Å². The lowest BCUT2D eigenvalue weighted by Gasteiger charge is -2.31. The summed E-state index contributed by atoms with van der Waals surface area (Å²) in [5.41, 5.74) is 0.662. The van der Waals surface area contributed by atoms with Gasteiger partial charge in [0.05, 0.1) is 12.0 Å². The first-order chi connectivity index (χ1) is 22.1. The number of hydrogen-bond donors (Lipinski definition) is 3. The number of nitrogens with zero attached hydrogens (tertiary/aromatic N) is 1. The molecule has 0 radical (unpaired) electrons. The van der Waals surface area contributed by atoms with E-state index in [4.69, 9.17) is 4.74 Å². The minimum Gasteiger partial charge on any atom is -0.482 e. The summed E-state index contributed by atoms with van der Waals surface area (Å²) in [5, 5.41) is 14.4. The highest BCUT2D eigenvalue weighted by atomic mass is 19.2. The van der Waals surface area contributed by atoms with Gasteiger partial charge in [0.1, 0.15) is 18.5 Å². The van der Waals surface area contributed by atoms with Crippen LogP contribution < -0.4 is 15.4 Å². The van der Waals surface area contributed by atoms with Gasteiger partial charge >= 0.3 is 17.8 Å². The molecule has 13 heteroatoms. The maximum atomic E-state index is 14.5. The van der Waals surface area contributed by atoms with Gasteiger partial charge in [-0.2, -0.15) is 4.39 Å². The minimum absolute atomic E-state index is 0. The summed E-state index contributed by atoms with van der Waals surface area (Å²) in [5.74, 6) is -10.4. The molecular weight excluding hydrogens is 619 g/mol. The number of anilines is 1. The molecule has 258 valence electrons. The maximum absolute atomic E-state index is 14.5. The van der Waals surface area contributed by atoms with Gasteiger partial charge in [-0.15, -0.1) is 0 Å². The number of hydrogen-bond acceptors (Lipinski definition) is 6. The van der Waals surface area contributed by atoms with Crippen LogP contribution in [0.5, 0.6) is 5.75 Å². The molecule has 1 fully saturated rings. The second-order valence-corrected chi connectivity index (χ2v) is 12.3. The highest BCUT2D eigenvalue weighted by Crippen LogP contribution is 2.31. The number of rotatable bonds is 12. The zero-order valence-electron chi connectivity index (χ0n) is 26.8. The summed E-state index contributed by atoms with van der Waals surface area (Å²) in [4.78, 5) is 64.5. The number of carboxylic acid groups (broad SMARTS) is 1. The van der Waals surface area contributed by atoms with Crippen LogP contribution in [-0.4, -0.2) is 65.2 Å². The fourth-order valence-electron chi connectivity index (χ4n) is 5.12. The van der Waals surface area contributed by atoms with Crippen molar-refractivity contribution < 1.29 is 49.8 Å². The van der Waals surface area contributed by atoms with Crippen molar-refractivity contribution in [1.82, 2.24) is 10.2 Å². The Kier molecular flexibility index (Phi) is 12.7. The number of carboxylic acids is 1. The first-order valence-electron chi connectivity index (χ1n) is 15.3. The number of allylic oxidation sites excluding steroid dienone is 1. The first-order valence-corrected chi connectivity index (χ1v) is 15.3. The zero-order valence-corrected chi connectivity index (χ0v) is 26.8. The smallest absolute Gasteiger partial charge is 0.313 e. The van der Waals surface area contributed by atoms with Crippen molar-refractivity contribution in [2.45, 2.75) is 71.3 Å². The number of piperidine rings is 1. The van der Waals surface area contributed by atoms with E-state index in [0.717, 1.165) is 5.56 Å². The lowest BCUT2D eigenvalue weighted by molar-refractivity contribution is -0.145. The van der Waals surface area contributed by atoms with E-state index in [-0.39, 0.29) is 34.2 Å². The fraction of sp³-hybridized carbons (Fsp3) is 0.441. The third-order valence-corrected chi connectivity index (χ3v) is 7.68. The van der Waals surface area contributed by atoms with Gasteiger partial charge in [0.2, 0.25) is 11.7 Å². The average molecular weight is 664 g/mol. The van der Waals surface area contributed by atoms with Gasteiger partial charge in [-0.25, -0.2) is 8.78 Å². The predicted molar refractivity (Wildman–Crippen MR) is 172 cm³/mol. The van der Waals surface area contributed by atoms with E-state index in [1.54, 1.807) is 12.1 Å². The number of Topliss-reactive ketones (excluding diaryl/α,β-unsaturated/α-hetero) is 1. The lowest BCUT2D eigenvalue weighted by Crippen LogP contribution is -2.50. The number of aliphatic carboxylic acids is 1. The number of nitrogens with one attached hydrogen (secondary N) is 2. The standard InChI is InChI=1S/C34H40F3N3O7.2H2/c1-5-6-7-10-21-23(35)17-24(36)29(37)30(21)47-19-27(41)26(18-28(42)43)39-31(44)20-13-15-40(16-14-20)33(46)32(45)38-25-12-9-8-11-22(25)34(2,3)4;;/h7-12,17,20,26H,5-6,13-16,18-19H2,1-4H3,(H,38,45)(H,39,44)(H,42,43);2*1H/b10-7+;;/t26-;;/m0../s1. The van der Waals surface area contributed by atoms with Crippen molar-refractivity contribution in [2.75, 3.05) is 25.0 Å². The van der Waals surface area contributed by atoms with E-state index in [1.807, 2.05) is 39.8 Å². The second-order valence-electron chi connectivity index (χ2n) is 12.3. The molecule has 0 aliphatic carbocycles. The monoisotopic (exact) mass is 663 g/mol. The second kappa shape index (κ2) is 16.2. The van der Waals surface area contributed by atoms with Gasteiger partial charge in [0.15, 0.2) is 17.3 Å². The van der Waals surface area contributed by atoms with Crippen LogP contribution in [-0.2, 0) is 29.4 Å². The van der Waals surface area contributed by atoms with E-state index in [1.165, 1.54) is 17.1 Å². The highest BCUT2D eigenvalue weighted by Gasteiger charge is 2.33. The third kappa shape index (κ3) is 9.90. The number of ketones is 1. The van der Waals surface area contributed by atoms with Crippen LogP contribution in [0.15, 0.2) is 36.4 Å². The van der Waals surface area contributed by atoms with Crippen molar-refractivity contribution in [3.05, 3.63) is 65.0 Å². The minimum atomic E-state index is -1.59. The summed E-state index contributed by atoms with van der Waals surface area (Å²) in [7, 11) is 0. The number of ether oxygens (including phenoxy) is 1. The summed E-state index contributed by atoms with van der Waals surface area (Å²) < 4.78 is 48.1. The molecule has 3 N–H and O–H groups in total. The molecule has 47 heavy (non-hydrogen) atoms. The fourth-order valence-corrected chi connectivity index (χ4v) is 5.12. The van der Waals surface area contributed by atoms with Crippen molar-refractivity contribution in [3.63, 3.8) is 0 Å². The molecule has 1 heterocycles. The van der Waals surface area contributed by atoms with Crippen molar-refractivity contribution >= 4 is 41.2 Å². The maximum Gasteiger partial charge on any atom is 0.313 e. The number of amides is 3. The summed E-state index contributed by atoms with van der Waals surface area (Å²) >= 11 is 0. The molecule has 1 aliphatic rings. The number of carbonyl (C=O) groups is 5. The van der Waals surface area contributed by atoms with Gasteiger partial charge in [0.25, 0.3) is 0 Å². The van der Waals surface area contributed by atoms with Gasteiger partial charge < -0.3 is 25.4 Å². The Morgan fingerprint density at radius 1 is 1.09 bits per heavy atom. The number of halogens is 3. The number of unbranched alkanes of at least 4 members (excludes halogenated alkanes) is 1. The molecular formula is C34H44F3N3O7. The predicted octanol–water partition coefficient (Wildman–Crippen LogP) is 5.49. The molecule has 0 spiro atoms. The van der Waals surface area contributed by atoms with Crippen LogP contribution in [0.3, 0.4) is 0 Å². The zero-order chi connectivity index (χ0) is 34.9. The Bertz CT molecular complexity index is 1540. The Morgan fingerprint density at radius 3 is 2.36 bits per heavy atom. The van der Waals surface area contributed by atoms with Crippen LogP contribution in [0.2, 0.25) is 0 Å². The molecule has 2 aromatic rings. The normalized spacial score (nSPS) is 14.5. The van der Waals surface area contributed by atoms with Gasteiger partial charge in [-0.3, -0.25) is 24.0 Å². The Balaban J connectivity index is 0.00000600. The molecule has 10 nitrogen and oxygen atoms in total. The molecule has 0 saturated carbocycles. The molecule has 1 saturated heterocycles. The van der Waals surface area contributed by atoms with Crippen LogP contribution in [0.4, 0.5) is 18.9 Å². The van der Waals surface area contributed by atoms with E-state index >= 15 is 0 Å². The summed E-state index contributed by atoms with van der Waals surface area (Å²) in [6.07, 6.45) is 3.37. The molecule has 1 aliphatic heterocycles. The van der Waals surface area contributed by atoms with Crippen molar-refractivity contribution in [3.8, 4) is 5.75 Å². The van der Waals surface area contributed by atoms with Crippen LogP contribution in [0, 0.1) is 23.4 Å². The van der Waals surface area contributed by atoms with E-state index in [0.29, 0.717) is 24.6 Å². The highest BCUT2D eigenvalue weighted by molar-refractivity contribution is 6.39. The number of carbonyl (C=O) groups excluding carboxylic acids is 4. The SMILES string of the molecule is CCC/C=C/c1c(F)cc(F)c(F)c1OCC(=O)[C@H](CC(=O)O)NC(=O)C1CCN(C(=O)C(=O)Nc2ccccc2C(C)(C)C)CC1.[HH].[HH].